The van der Waals surface area contributed by atoms with Gasteiger partial charge in [-0.1, -0.05) is 31.9 Å². The van der Waals surface area contributed by atoms with Gasteiger partial charge in [-0.25, -0.2) is 17.6 Å². The Hall–Kier alpha value is -0.960. The molecule has 0 fully saturated rings. The lowest BCUT2D eigenvalue weighted by atomic mass is 9.93. The van der Waals surface area contributed by atoms with Crippen molar-refractivity contribution in [1.82, 2.24) is 0 Å². The minimum absolute atomic E-state index is 0.174. The highest BCUT2D eigenvalue weighted by molar-refractivity contribution is 9.10. The fraction of sp³-hybridized carbons (Fsp3) is 0.143. The van der Waals surface area contributed by atoms with E-state index in [9.17, 15) is 17.6 Å². The standard InChI is InChI=1S/C14H10Br2F4N2/c15-5-1-7(17)11(8(18)2-5)13(21)14(22)12-9(19)3-6(16)4-10(12)20/h1-4,13-14H,21-22H2. The van der Waals surface area contributed by atoms with Crippen LogP contribution in [0.5, 0.6) is 0 Å². The van der Waals surface area contributed by atoms with E-state index in [4.69, 9.17) is 11.5 Å². The van der Waals surface area contributed by atoms with Gasteiger partial charge in [0, 0.05) is 20.1 Å². The van der Waals surface area contributed by atoms with Crippen molar-refractivity contribution in [1.29, 1.82) is 0 Å². The summed E-state index contributed by atoms with van der Waals surface area (Å²) in [5.74, 6) is -3.80. The first-order chi connectivity index (χ1) is 10.2. The molecule has 0 spiro atoms. The maximum atomic E-state index is 13.9. The van der Waals surface area contributed by atoms with Gasteiger partial charge in [0.25, 0.3) is 0 Å². The lowest BCUT2D eigenvalue weighted by Gasteiger charge is -2.22. The van der Waals surface area contributed by atoms with Crippen LogP contribution in [0.1, 0.15) is 23.2 Å². The minimum atomic E-state index is -1.46. The Morgan fingerprint density at radius 2 is 0.864 bits per heavy atom. The molecule has 22 heavy (non-hydrogen) atoms. The highest BCUT2D eigenvalue weighted by Crippen LogP contribution is 2.33. The maximum Gasteiger partial charge on any atom is 0.132 e. The number of hydrogen-bond acceptors (Lipinski definition) is 2. The number of benzene rings is 2. The first-order valence-electron chi connectivity index (χ1n) is 6.02. The van der Waals surface area contributed by atoms with Crippen LogP contribution in [0.2, 0.25) is 0 Å². The van der Waals surface area contributed by atoms with Crippen LogP contribution in [-0.2, 0) is 0 Å². The van der Waals surface area contributed by atoms with Crippen molar-refractivity contribution < 1.29 is 17.6 Å². The molecule has 0 amide bonds. The summed E-state index contributed by atoms with van der Waals surface area (Å²) in [5, 5.41) is 0. The second-order valence-electron chi connectivity index (χ2n) is 4.62. The van der Waals surface area contributed by atoms with Gasteiger partial charge in [-0.3, -0.25) is 0 Å². The Balaban J connectivity index is 2.49. The van der Waals surface area contributed by atoms with Crippen LogP contribution in [0.25, 0.3) is 0 Å². The average Bonchev–Trinajstić information content (AvgIpc) is 2.35. The predicted octanol–water partition coefficient (Wildman–Crippen LogP) is 4.47. The second kappa shape index (κ2) is 6.66. The van der Waals surface area contributed by atoms with Gasteiger partial charge < -0.3 is 11.5 Å². The summed E-state index contributed by atoms with van der Waals surface area (Å²) in [5.41, 5.74) is 10.4. The fourth-order valence-electron chi connectivity index (χ4n) is 2.10. The number of rotatable bonds is 3. The summed E-state index contributed by atoms with van der Waals surface area (Å²) < 4.78 is 56.0. The number of hydrogen-bond donors (Lipinski definition) is 2. The molecule has 0 aliphatic carbocycles. The molecule has 0 saturated carbocycles. The Morgan fingerprint density at radius 1 is 0.636 bits per heavy atom. The molecule has 4 N–H and O–H groups in total. The van der Waals surface area contributed by atoms with Crippen LogP contribution < -0.4 is 11.5 Å². The molecular formula is C14H10Br2F4N2. The third-order valence-electron chi connectivity index (χ3n) is 3.14. The molecule has 2 unspecified atom stereocenters. The van der Waals surface area contributed by atoms with Gasteiger partial charge in [0.1, 0.15) is 23.3 Å². The summed E-state index contributed by atoms with van der Waals surface area (Å²) in [6, 6.07) is 1.08. The maximum absolute atomic E-state index is 13.9. The normalized spacial score (nSPS) is 14.0. The Bertz CT molecular complexity index is 616. The van der Waals surface area contributed by atoms with Crippen LogP contribution in [0.15, 0.2) is 33.2 Å². The van der Waals surface area contributed by atoms with Crippen molar-refractivity contribution >= 4 is 31.9 Å². The van der Waals surface area contributed by atoms with E-state index >= 15 is 0 Å². The zero-order valence-corrected chi connectivity index (χ0v) is 14.1. The van der Waals surface area contributed by atoms with Gasteiger partial charge in [0.15, 0.2) is 0 Å². The third-order valence-corrected chi connectivity index (χ3v) is 4.06. The van der Waals surface area contributed by atoms with E-state index in [1.807, 2.05) is 0 Å². The predicted molar refractivity (Wildman–Crippen MR) is 82.0 cm³/mol. The van der Waals surface area contributed by atoms with E-state index in [2.05, 4.69) is 31.9 Å². The van der Waals surface area contributed by atoms with Gasteiger partial charge >= 0.3 is 0 Å². The number of nitrogens with two attached hydrogens (primary N) is 2. The van der Waals surface area contributed by atoms with Crippen LogP contribution in [0, 0.1) is 23.3 Å². The molecular weight excluding hydrogens is 432 g/mol. The van der Waals surface area contributed by atoms with Crippen LogP contribution >= 0.6 is 31.9 Å². The van der Waals surface area contributed by atoms with Crippen molar-refractivity contribution in [3.05, 3.63) is 67.6 Å². The zero-order valence-electron chi connectivity index (χ0n) is 10.9. The van der Waals surface area contributed by atoms with Gasteiger partial charge in [-0.15, -0.1) is 0 Å². The first-order valence-corrected chi connectivity index (χ1v) is 7.61. The van der Waals surface area contributed by atoms with Gasteiger partial charge in [0.2, 0.25) is 0 Å². The highest BCUT2D eigenvalue weighted by atomic mass is 79.9. The summed E-state index contributed by atoms with van der Waals surface area (Å²) in [6.07, 6.45) is 0. The molecule has 0 aliphatic rings. The first kappa shape index (κ1) is 17.4. The molecule has 0 radical (unpaired) electrons. The van der Waals surface area contributed by atoms with E-state index in [-0.39, 0.29) is 8.95 Å². The van der Waals surface area contributed by atoms with Gasteiger partial charge in [-0.05, 0) is 24.3 Å². The lowest BCUT2D eigenvalue weighted by molar-refractivity contribution is 0.452. The Labute approximate surface area is 140 Å². The summed E-state index contributed by atoms with van der Waals surface area (Å²) >= 11 is 5.86. The molecule has 118 valence electrons. The summed E-state index contributed by atoms with van der Waals surface area (Å²) in [6.45, 7) is 0. The average molecular weight is 442 g/mol. The SMILES string of the molecule is NC(c1c(F)cc(Br)cc1F)C(N)c1c(F)cc(Br)cc1F. The topological polar surface area (TPSA) is 52.0 Å². The van der Waals surface area contributed by atoms with E-state index < -0.39 is 46.5 Å². The summed E-state index contributed by atoms with van der Waals surface area (Å²) in [4.78, 5) is 0. The smallest absolute Gasteiger partial charge is 0.132 e. The van der Waals surface area contributed by atoms with Gasteiger partial charge in [0.05, 0.1) is 12.1 Å². The van der Waals surface area contributed by atoms with Crippen molar-refractivity contribution in [3.8, 4) is 0 Å². The van der Waals surface area contributed by atoms with Crippen molar-refractivity contribution in [3.63, 3.8) is 0 Å². The van der Waals surface area contributed by atoms with Crippen LogP contribution in [-0.4, -0.2) is 0 Å². The van der Waals surface area contributed by atoms with Gasteiger partial charge in [-0.2, -0.15) is 0 Å². The molecule has 2 aromatic carbocycles. The molecule has 0 aliphatic heterocycles. The largest absolute Gasteiger partial charge is 0.322 e. The van der Waals surface area contributed by atoms with E-state index in [0.717, 1.165) is 24.3 Å². The van der Waals surface area contributed by atoms with Crippen molar-refractivity contribution in [2.75, 3.05) is 0 Å². The highest BCUT2D eigenvalue weighted by Gasteiger charge is 2.28. The molecule has 8 heteroatoms. The fourth-order valence-corrected chi connectivity index (χ4v) is 2.91. The Kier molecular flexibility index (Phi) is 5.26. The number of halogens is 6. The molecule has 0 bridgehead atoms. The monoisotopic (exact) mass is 440 g/mol. The van der Waals surface area contributed by atoms with Crippen LogP contribution in [0.4, 0.5) is 17.6 Å². The second-order valence-corrected chi connectivity index (χ2v) is 6.45. The molecule has 2 rings (SSSR count). The molecule has 2 nitrogen and oxygen atoms in total. The zero-order chi connectivity index (χ0) is 16.6. The summed E-state index contributed by atoms with van der Waals surface area (Å²) in [7, 11) is 0. The van der Waals surface area contributed by atoms with E-state index in [1.54, 1.807) is 0 Å². The van der Waals surface area contributed by atoms with Crippen molar-refractivity contribution in [2.24, 2.45) is 11.5 Å². The molecule has 2 atom stereocenters. The Morgan fingerprint density at radius 3 is 1.09 bits per heavy atom. The van der Waals surface area contributed by atoms with Crippen molar-refractivity contribution in [2.45, 2.75) is 12.1 Å². The molecule has 0 heterocycles. The minimum Gasteiger partial charge on any atom is -0.322 e. The van der Waals surface area contributed by atoms with E-state index in [0.29, 0.717) is 0 Å². The molecule has 0 saturated heterocycles. The van der Waals surface area contributed by atoms with Crippen LogP contribution in [0.3, 0.4) is 0 Å². The van der Waals surface area contributed by atoms with E-state index in [1.165, 1.54) is 0 Å². The lowest BCUT2D eigenvalue weighted by Crippen LogP contribution is -2.30. The molecule has 0 aromatic heterocycles. The third kappa shape index (κ3) is 3.34. The molecule has 2 aromatic rings. The quantitative estimate of drug-likeness (QED) is 0.690.